The molecule has 2 N–H and O–H groups in total. The predicted molar refractivity (Wildman–Crippen MR) is 89.6 cm³/mol. The van der Waals surface area contributed by atoms with E-state index >= 15 is 0 Å². The van der Waals surface area contributed by atoms with Crippen molar-refractivity contribution in [1.82, 2.24) is 4.98 Å². The Labute approximate surface area is 138 Å². The van der Waals surface area contributed by atoms with Gasteiger partial charge in [0.25, 0.3) is 0 Å². The summed E-state index contributed by atoms with van der Waals surface area (Å²) in [6.07, 6.45) is 0. The number of benzene rings is 2. The van der Waals surface area contributed by atoms with Gasteiger partial charge in [0.2, 0.25) is 0 Å². The van der Waals surface area contributed by atoms with Crippen LogP contribution in [0.2, 0.25) is 0 Å². The molecule has 1 unspecified atom stereocenters. The first-order valence-electron chi connectivity index (χ1n) is 6.32. The third-order valence-corrected chi connectivity index (χ3v) is 4.42. The van der Waals surface area contributed by atoms with Crippen molar-refractivity contribution in [1.29, 1.82) is 0 Å². The molecule has 1 aromatic heterocycles. The SMILES string of the molecule is NC(c1cc(Br)ccc1F)c1nc2ccccc2cc1Br. The zero-order chi connectivity index (χ0) is 15.0. The second-order valence-electron chi connectivity index (χ2n) is 4.69. The summed E-state index contributed by atoms with van der Waals surface area (Å²) in [5.74, 6) is -0.340. The van der Waals surface area contributed by atoms with Crippen molar-refractivity contribution >= 4 is 42.8 Å². The molecule has 106 valence electrons. The number of nitrogens with zero attached hydrogens (tertiary/aromatic N) is 1. The maximum Gasteiger partial charge on any atom is 0.128 e. The molecule has 0 aliphatic rings. The smallest absolute Gasteiger partial charge is 0.128 e. The Balaban J connectivity index is 2.14. The standard InChI is InChI=1S/C16H11Br2FN2/c17-10-5-6-13(19)11(8-10)15(20)16-12(18)7-9-3-1-2-4-14(9)21-16/h1-8,15H,20H2. The summed E-state index contributed by atoms with van der Waals surface area (Å²) in [7, 11) is 0. The highest BCUT2D eigenvalue weighted by Crippen LogP contribution is 2.30. The molecule has 1 atom stereocenters. The maximum atomic E-state index is 14.0. The van der Waals surface area contributed by atoms with Crippen LogP contribution in [-0.4, -0.2) is 4.98 Å². The molecule has 5 heteroatoms. The van der Waals surface area contributed by atoms with Gasteiger partial charge in [0.15, 0.2) is 0 Å². The molecule has 0 amide bonds. The Morgan fingerprint density at radius 3 is 2.62 bits per heavy atom. The number of nitrogens with two attached hydrogens (primary N) is 1. The largest absolute Gasteiger partial charge is 0.319 e. The van der Waals surface area contributed by atoms with Crippen molar-refractivity contribution in [3.8, 4) is 0 Å². The highest BCUT2D eigenvalue weighted by molar-refractivity contribution is 9.10. The number of fused-ring (bicyclic) bond motifs is 1. The summed E-state index contributed by atoms with van der Waals surface area (Å²) in [5.41, 5.74) is 8.09. The van der Waals surface area contributed by atoms with Gasteiger partial charge in [-0.25, -0.2) is 9.37 Å². The van der Waals surface area contributed by atoms with E-state index in [9.17, 15) is 4.39 Å². The molecule has 0 saturated heterocycles. The van der Waals surface area contributed by atoms with E-state index in [4.69, 9.17) is 5.73 Å². The molecule has 0 saturated carbocycles. The summed E-state index contributed by atoms with van der Waals surface area (Å²) in [5, 5.41) is 1.01. The van der Waals surface area contributed by atoms with E-state index in [0.717, 1.165) is 19.8 Å². The Hall–Kier alpha value is -1.30. The minimum atomic E-state index is -0.638. The molecule has 3 rings (SSSR count). The number of halogens is 3. The lowest BCUT2D eigenvalue weighted by molar-refractivity contribution is 0.596. The van der Waals surface area contributed by atoms with Gasteiger partial charge in [-0.1, -0.05) is 34.1 Å². The van der Waals surface area contributed by atoms with Crippen LogP contribution in [0.4, 0.5) is 4.39 Å². The fourth-order valence-electron chi connectivity index (χ4n) is 2.22. The Morgan fingerprint density at radius 1 is 1.05 bits per heavy atom. The van der Waals surface area contributed by atoms with E-state index in [0.29, 0.717) is 11.3 Å². The fourth-order valence-corrected chi connectivity index (χ4v) is 3.18. The molecule has 2 nitrogen and oxygen atoms in total. The van der Waals surface area contributed by atoms with Crippen LogP contribution in [0.3, 0.4) is 0 Å². The molecular weight excluding hydrogens is 399 g/mol. The number of aromatic nitrogens is 1. The van der Waals surface area contributed by atoms with Crippen molar-refractivity contribution < 1.29 is 4.39 Å². The van der Waals surface area contributed by atoms with Gasteiger partial charge in [0, 0.05) is 19.9 Å². The van der Waals surface area contributed by atoms with E-state index < -0.39 is 6.04 Å². The van der Waals surface area contributed by atoms with Gasteiger partial charge in [-0.3, -0.25) is 0 Å². The van der Waals surface area contributed by atoms with E-state index in [1.165, 1.54) is 6.07 Å². The molecule has 1 heterocycles. The number of hydrogen-bond donors (Lipinski definition) is 1. The summed E-state index contributed by atoms with van der Waals surface area (Å²) in [6, 6.07) is 13.8. The van der Waals surface area contributed by atoms with Crippen LogP contribution in [-0.2, 0) is 0 Å². The molecule has 0 radical (unpaired) electrons. The topological polar surface area (TPSA) is 38.9 Å². The molecular formula is C16H11Br2FN2. The summed E-state index contributed by atoms with van der Waals surface area (Å²) < 4.78 is 15.6. The molecule has 0 fully saturated rings. The lowest BCUT2D eigenvalue weighted by Gasteiger charge is -2.15. The van der Waals surface area contributed by atoms with Crippen molar-refractivity contribution in [2.45, 2.75) is 6.04 Å². The predicted octanol–water partition coefficient (Wildman–Crippen LogP) is 4.95. The lowest BCUT2D eigenvalue weighted by atomic mass is 10.0. The normalized spacial score (nSPS) is 12.6. The van der Waals surface area contributed by atoms with Crippen LogP contribution in [0.1, 0.15) is 17.3 Å². The molecule has 2 aromatic carbocycles. The third kappa shape index (κ3) is 2.86. The van der Waals surface area contributed by atoms with Crippen molar-refractivity contribution in [2.75, 3.05) is 0 Å². The number of para-hydroxylation sites is 1. The van der Waals surface area contributed by atoms with E-state index in [1.807, 2.05) is 30.3 Å². The van der Waals surface area contributed by atoms with Crippen LogP contribution in [0.25, 0.3) is 10.9 Å². The minimum absolute atomic E-state index is 0.340. The van der Waals surface area contributed by atoms with Gasteiger partial charge in [-0.15, -0.1) is 0 Å². The first kappa shape index (κ1) is 14.6. The number of hydrogen-bond acceptors (Lipinski definition) is 2. The molecule has 0 spiro atoms. The Morgan fingerprint density at radius 2 is 1.81 bits per heavy atom. The van der Waals surface area contributed by atoms with Crippen LogP contribution in [0, 0.1) is 5.82 Å². The molecule has 21 heavy (non-hydrogen) atoms. The monoisotopic (exact) mass is 408 g/mol. The zero-order valence-electron chi connectivity index (χ0n) is 10.9. The Bertz CT molecular complexity index is 820. The van der Waals surface area contributed by atoms with Crippen molar-refractivity contribution in [3.05, 3.63) is 74.6 Å². The first-order valence-corrected chi connectivity index (χ1v) is 7.90. The molecule has 3 aromatic rings. The van der Waals surface area contributed by atoms with Gasteiger partial charge in [0.05, 0.1) is 17.3 Å². The third-order valence-electron chi connectivity index (χ3n) is 3.29. The van der Waals surface area contributed by atoms with Gasteiger partial charge < -0.3 is 5.73 Å². The summed E-state index contributed by atoms with van der Waals surface area (Å²) >= 11 is 6.82. The van der Waals surface area contributed by atoms with Gasteiger partial charge in [-0.05, 0) is 46.3 Å². The average Bonchev–Trinajstić information content (AvgIpc) is 2.48. The van der Waals surface area contributed by atoms with Crippen LogP contribution >= 0.6 is 31.9 Å². The highest BCUT2D eigenvalue weighted by Gasteiger charge is 2.18. The lowest BCUT2D eigenvalue weighted by Crippen LogP contribution is -2.16. The molecule has 0 aliphatic heterocycles. The minimum Gasteiger partial charge on any atom is -0.319 e. The summed E-state index contributed by atoms with van der Waals surface area (Å²) in [6.45, 7) is 0. The van der Waals surface area contributed by atoms with Crippen molar-refractivity contribution in [2.24, 2.45) is 5.73 Å². The van der Waals surface area contributed by atoms with Crippen molar-refractivity contribution in [3.63, 3.8) is 0 Å². The van der Waals surface area contributed by atoms with Crippen LogP contribution < -0.4 is 5.73 Å². The van der Waals surface area contributed by atoms with Crippen LogP contribution in [0.5, 0.6) is 0 Å². The molecule has 0 bridgehead atoms. The number of pyridine rings is 1. The van der Waals surface area contributed by atoms with E-state index in [2.05, 4.69) is 36.8 Å². The average molecular weight is 410 g/mol. The number of rotatable bonds is 2. The highest BCUT2D eigenvalue weighted by atomic mass is 79.9. The quantitative estimate of drug-likeness (QED) is 0.650. The zero-order valence-corrected chi connectivity index (χ0v) is 14.0. The maximum absolute atomic E-state index is 14.0. The second kappa shape index (κ2) is 5.83. The van der Waals surface area contributed by atoms with E-state index in [-0.39, 0.29) is 5.82 Å². The van der Waals surface area contributed by atoms with Crippen LogP contribution in [0.15, 0.2) is 57.5 Å². The summed E-state index contributed by atoms with van der Waals surface area (Å²) in [4.78, 5) is 4.57. The van der Waals surface area contributed by atoms with Gasteiger partial charge in [-0.2, -0.15) is 0 Å². The fraction of sp³-hybridized carbons (Fsp3) is 0.0625. The second-order valence-corrected chi connectivity index (χ2v) is 6.46. The van der Waals surface area contributed by atoms with Gasteiger partial charge >= 0.3 is 0 Å². The first-order chi connectivity index (χ1) is 10.1. The van der Waals surface area contributed by atoms with E-state index in [1.54, 1.807) is 12.1 Å². The molecule has 0 aliphatic carbocycles. The van der Waals surface area contributed by atoms with Gasteiger partial charge in [0.1, 0.15) is 5.82 Å². The Kier molecular flexibility index (Phi) is 4.06.